The van der Waals surface area contributed by atoms with Crippen LogP contribution in [0.4, 0.5) is 5.69 Å². The summed E-state index contributed by atoms with van der Waals surface area (Å²) in [5, 5.41) is 2.91. The normalized spacial score (nSPS) is 11.2. The van der Waals surface area contributed by atoms with E-state index in [-0.39, 0.29) is 17.3 Å². The highest BCUT2D eigenvalue weighted by molar-refractivity contribution is 7.92. The predicted octanol–water partition coefficient (Wildman–Crippen LogP) is 4.64. The van der Waals surface area contributed by atoms with E-state index in [1.54, 1.807) is 55.6 Å². The second-order valence-corrected chi connectivity index (χ2v) is 9.97. The van der Waals surface area contributed by atoms with Crippen molar-refractivity contribution < 1.29 is 17.9 Å². The molecule has 180 valence electrons. The quantitative estimate of drug-likeness (QED) is 0.459. The van der Waals surface area contributed by atoms with E-state index in [1.807, 2.05) is 6.92 Å². The number of nitrogens with one attached hydrogen (secondary N) is 1. The summed E-state index contributed by atoms with van der Waals surface area (Å²) < 4.78 is 33.3. The van der Waals surface area contributed by atoms with Crippen LogP contribution < -0.4 is 14.4 Å². The van der Waals surface area contributed by atoms with Gasteiger partial charge in [0.05, 0.1) is 17.7 Å². The number of hydrogen-bond acceptors (Lipinski definition) is 4. The molecule has 0 aliphatic carbocycles. The molecule has 7 heteroatoms. The first-order valence-corrected chi connectivity index (χ1v) is 12.8. The maximum absolute atomic E-state index is 13.5. The smallest absolute Gasteiger partial charge is 0.264 e. The van der Waals surface area contributed by atoms with Crippen LogP contribution in [0.15, 0.2) is 71.6 Å². The fraction of sp³-hybridized carbons (Fsp3) is 0.296. The van der Waals surface area contributed by atoms with E-state index >= 15 is 0 Å². The van der Waals surface area contributed by atoms with Crippen LogP contribution in [0.2, 0.25) is 0 Å². The first-order chi connectivity index (χ1) is 16.3. The van der Waals surface area contributed by atoms with Crippen molar-refractivity contribution in [3.05, 3.63) is 89.0 Å². The minimum absolute atomic E-state index is 0.130. The van der Waals surface area contributed by atoms with Crippen molar-refractivity contribution in [1.82, 2.24) is 5.32 Å². The van der Waals surface area contributed by atoms with Crippen LogP contribution in [-0.2, 0) is 34.2 Å². The molecule has 0 heterocycles. The zero-order valence-electron chi connectivity index (χ0n) is 20.2. The number of rotatable bonds is 10. The summed E-state index contributed by atoms with van der Waals surface area (Å²) in [6.07, 6.45) is 1.76. The van der Waals surface area contributed by atoms with Gasteiger partial charge in [0.2, 0.25) is 5.91 Å². The van der Waals surface area contributed by atoms with Gasteiger partial charge < -0.3 is 10.1 Å². The third kappa shape index (κ3) is 5.97. The van der Waals surface area contributed by atoms with Gasteiger partial charge in [-0.3, -0.25) is 9.10 Å². The molecule has 0 atom stereocenters. The van der Waals surface area contributed by atoms with Crippen molar-refractivity contribution in [3.63, 3.8) is 0 Å². The maximum atomic E-state index is 13.5. The van der Waals surface area contributed by atoms with Crippen molar-refractivity contribution in [1.29, 1.82) is 0 Å². The highest BCUT2D eigenvalue weighted by Crippen LogP contribution is 2.26. The lowest BCUT2D eigenvalue weighted by molar-refractivity contribution is -0.119. The average Bonchev–Trinajstić information content (AvgIpc) is 2.86. The Morgan fingerprint density at radius 3 is 2.18 bits per heavy atom. The van der Waals surface area contributed by atoms with Gasteiger partial charge in [-0.25, -0.2) is 8.42 Å². The van der Waals surface area contributed by atoms with E-state index in [1.165, 1.54) is 5.56 Å². The number of benzene rings is 3. The predicted molar refractivity (Wildman–Crippen MR) is 136 cm³/mol. The third-order valence-electron chi connectivity index (χ3n) is 5.79. The lowest BCUT2D eigenvalue weighted by atomic mass is 10.0. The van der Waals surface area contributed by atoms with Gasteiger partial charge in [0, 0.05) is 6.54 Å². The van der Waals surface area contributed by atoms with Crippen molar-refractivity contribution in [2.45, 2.75) is 45.1 Å². The molecule has 1 N–H and O–H groups in total. The van der Waals surface area contributed by atoms with Crippen LogP contribution in [0.5, 0.6) is 5.75 Å². The van der Waals surface area contributed by atoms with Gasteiger partial charge in [0.15, 0.2) is 0 Å². The standard InChI is InChI=1S/C27H32N2O4S/c1-5-21-9-10-22(6-2)23(17-21)18-28-27(30)19-29(24-11-13-25(33-4)14-12-24)34(31,32)26-15-7-20(3)8-16-26/h7-17H,5-6,18-19H2,1-4H3,(H,28,30). The number of amides is 1. The minimum Gasteiger partial charge on any atom is -0.497 e. The highest BCUT2D eigenvalue weighted by Gasteiger charge is 2.27. The molecule has 0 saturated heterocycles. The van der Waals surface area contributed by atoms with Crippen LogP contribution in [-0.4, -0.2) is 28.0 Å². The van der Waals surface area contributed by atoms with Gasteiger partial charge in [0.25, 0.3) is 10.0 Å². The summed E-state index contributed by atoms with van der Waals surface area (Å²) in [6.45, 7) is 6.06. The Morgan fingerprint density at radius 1 is 0.912 bits per heavy atom. The third-order valence-corrected chi connectivity index (χ3v) is 7.58. The van der Waals surface area contributed by atoms with Gasteiger partial charge in [-0.05, 0) is 72.9 Å². The number of aryl methyl sites for hydroxylation is 3. The van der Waals surface area contributed by atoms with Gasteiger partial charge in [-0.1, -0.05) is 49.7 Å². The van der Waals surface area contributed by atoms with E-state index in [9.17, 15) is 13.2 Å². The zero-order chi connectivity index (χ0) is 24.7. The molecule has 0 saturated carbocycles. The number of sulfonamides is 1. The van der Waals surface area contributed by atoms with Gasteiger partial charge in [0.1, 0.15) is 12.3 Å². The fourth-order valence-electron chi connectivity index (χ4n) is 3.69. The fourth-order valence-corrected chi connectivity index (χ4v) is 5.11. The molecular formula is C27H32N2O4S. The number of hydrogen-bond donors (Lipinski definition) is 1. The summed E-state index contributed by atoms with van der Waals surface area (Å²) in [5.74, 6) is 0.222. The average molecular weight is 481 g/mol. The number of methoxy groups -OCH3 is 1. The maximum Gasteiger partial charge on any atom is 0.264 e. The molecule has 0 spiro atoms. The molecule has 0 aliphatic rings. The zero-order valence-corrected chi connectivity index (χ0v) is 21.0. The Kier molecular flexibility index (Phi) is 8.34. The highest BCUT2D eigenvalue weighted by atomic mass is 32.2. The monoisotopic (exact) mass is 480 g/mol. The van der Waals surface area contributed by atoms with Crippen LogP contribution in [0.25, 0.3) is 0 Å². The van der Waals surface area contributed by atoms with Crippen molar-refractivity contribution in [2.75, 3.05) is 18.0 Å². The molecule has 0 unspecified atom stereocenters. The van der Waals surface area contributed by atoms with Gasteiger partial charge in [-0.15, -0.1) is 0 Å². The summed E-state index contributed by atoms with van der Waals surface area (Å²) in [7, 11) is -2.42. The minimum atomic E-state index is -3.96. The molecule has 3 aromatic carbocycles. The molecular weight excluding hydrogens is 448 g/mol. The number of ether oxygens (including phenoxy) is 1. The number of carbonyl (C=O) groups excluding carboxylic acids is 1. The molecule has 3 aromatic rings. The Balaban J connectivity index is 1.86. The second kappa shape index (κ2) is 11.2. The van der Waals surface area contributed by atoms with Crippen LogP contribution >= 0.6 is 0 Å². The molecule has 0 fully saturated rings. The molecule has 0 bridgehead atoms. The van der Waals surface area contributed by atoms with Gasteiger partial charge in [-0.2, -0.15) is 0 Å². The molecule has 0 aliphatic heterocycles. The van der Waals surface area contributed by atoms with Crippen LogP contribution in [0, 0.1) is 6.92 Å². The molecule has 0 radical (unpaired) electrons. The topological polar surface area (TPSA) is 75.7 Å². The van der Waals surface area contributed by atoms with Gasteiger partial charge >= 0.3 is 0 Å². The summed E-state index contributed by atoms with van der Waals surface area (Å²) in [4.78, 5) is 13.1. The van der Waals surface area contributed by atoms with E-state index < -0.39 is 10.0 Å². The Hall–Kier alpha value is -3.32. The first-order valence-electron chi connectivity index (χ1n) is 11.4. The summed E-state index contributed by atoms with van der Waals surface area (Å²) >= 11 is 0. The van der Waals surface area contributed by atoms with E-state index in [0.717, 1.165) is 33.8 Å². The molecule has 6 nitrogen and oxygen atoms in total. The number of carbonyl (C=O) groups is 1. The lowest BCUT2D eigenvalue weighted by Gasteiger charge is -2.24. The summed E-state index contributed by atoms with van der Waals surface area (Å²) in [6, 6.07) is 19.5. The van der Waals surface area contributed by atoms with Crippen molar-refractivity contribution in [3.8, 4) is 5.75 Å². The second-order valence-electron chi connectivity index (χ2n) is 8.11. The van der Waals surface area contributed by atoms with E-state index in [4.69, 9.17) is 4.74 Å². The Labute approximate surface area is 202 Å². The first kappa shape index (κ1) is 25.3. The van der Waals surface area contributed by atoms with Crippen LogP contribution in [0.3, 0.4) is 0 Å². The Morgan fingerprint density at radius 2 is 1.59 bits per heavy atom. The molecule has 1 amide bonds. The largest absolute Gasteiger partial charge is 0.497 e. The number of nitrogens with zero attached hydrogens (tertiary/aromatic N) is 1. The lowest BCUT2D eigenvalue weighted by Crippen LogP contribution is -2.40. The van der Waals surface area contributed by atoms with Crippen molar-refractivity contribution in [2.24, 2.45) is 0 Å². The van der Waals surface area contributed by atoms with E-state index in [0.29, 0.717) is 18.0 Å². The Bertz CT molecular complexity index is 1220. The van der Waals surface area contributed by atoms with Crippen molar-refractivity contribution >= 4 is 21.6 Å². The number of anilines is 1. The van der Waals surface area contributed by atoms with Crippen LogP contribution in [0.1, 0.15) is 36.1 Å². The summed E-state index contributed by atoms with van der Waals surface area (Å²) in [5.41, 5.74) is 4.75. The van der Waals surface area contributed by atoms with E-state index in [2.05, 4.69) is 37.4 Å². The molecule has 34 heavy (non-hydrogen) atoms. The molecule has 3 rings (SSSR count). The molecule has 0 aromatic heterocycles. The SMILES string of the molecule is CCc1ccc(CC)c(CNC(=O)CN(c2ccc(OC)cc2)S(=O)(=O)c2ccc(C)cc2)c1.